The fraction of sp³-hybridized carbons (Fsp3) is 0.421. The third-order valence-electron chi connectivity index (χ3n) is 4.52. The van der Waals surface area contributed by atoms with Gasteiger partial charge in [0.05, 0.1) is 12.1 Å². The molecule has 2 aromatic rings. The summed E-state index contributed by atoms with van der Waals surface area (Å²) in [5.74, 6) is 0.0335. The summed E-state index contributed by atoms with van der Waals surface area (Å²) in [5.41, 5.74) is 2.50. The first-order valence-electron chi connectivity index (χ1n) is 8.84. The van der Waals surface area contributed by atoms with Gasteiger partial charge in [-0.15, -0.1) is 11.3 Å². The predicted molar refractivity (Wildman–Crippen MR) is 106 cm³/mol. The van der Waals surface area contributed by atoms with Gasteiger partial charge in [0.1, 0.15) is 0 Å². The molecule has 1 aromatic carbocycles. The largest absolute Gasteiger partial charge is 0.378 e. The summed E-state index contributed by atoms with van der Waals surface area (Å²) < 4.78 is 0. The van der Waals surface area contributed by atoms with E-state index in [4.69, 9.17) is 0 Å². The SMILES string of the molecule is CN(C)c1ccc(NC(=O)Cc2csc(NC(=O)C3CCCC3)n2)cc1. The number of nitrogens with one attached hydrogen (secondary N) is 2. The van der Waals surface area contributed by atoms with Crippen molar-refractivity contribution >= 4 is 39.7 Å². The van der Waals surface area contributed by atoms with Crippen LogP contribution >= 0.6 is 11.3 Å². The highest BCUT2D eigenvalue weighted by Gasteiger charge is 2.23. The summed E-state index contributed by atoms with van der Waals surface area (Å²) in [6.45, 7) is 0. The van der Waals surface area contributed by atoms with Crippen LogP contribution in [0.2, 0.25) is 0 Å². The first kappa shape index (κ1) is 18.4. The minimum Gasteiger partial charge on any atom is -0.378 e. The Morgan fingerprint density at radius 1 is 1.15 bits per heavy atom. The monoisotopic (exact) mass is 372 g/mol. The molecule has 1 fully saturated rings. The van der Waals surface area contributed by atoms with Gasteiger partial charge in [-0.3, -0.25) is 9.59 Å². The topological polar surface area (TPSA) is 74.3 Å². The van der Waals surface area contributed by atoms with Crippen molar-refractivity contribution in [2.75, 3.05) is 29.6 Å². The number of benzene rings is 1. The van der Waals surface area contributed by atoms with Gasteiger partial charge >= 0.3 is 0 Å². The molecular weight excluding hydrogens is 348 g/mol. The second-order valence-corrected chi connectivity index (χ2v) is 7.64. The van der Waals surface area contributed by atoms with Crippen molar-refractivity contribution in [1.29, 1.82) is 0 Å². The summed E-state index contributed by atoms with van der Waals surface area (Å²) in [6, 6.07) is 7.66. The molecule has 1 aromatic heterocycles. The molecule has 1 saturated carbocycles. The Hall–Kier alpha value is -2.41. The van der Waals surface area contributed by atoms with Crippen LogP contribution in [0.4, 0.5) is 16.5 Å². The van der Waals surface area contributed by atoms with E-state index in [0.29, 0.717) is 10.8 Å². The van der Waals surface area contributed by atoms with Crippen LogP contribution in [0.1, 0.15) is 31.4 Å². The van der Waals surface area contributed by atoms with Crippen LogP contribution in [-0.2, 0) is 16.0 Å². The second kappa shape index (κ2) is 8.31. The number of thiazole rings is 1. The quantitative estimate of drug-likeness (QED) is 0.814. The molecule has 3 rings (SSSR count). The van der Waals surface area contributed by atoms with Gasteiger partial charge in [-0.2, -0.15) is 0 Å². The van der Waals surface area contributed by atoms with Crippen molar-refractivity contribution in [2.24, 2.45) is 5.92 Å². The Kier molecular flexibility index (Phi) is 5.88. The molecule has 0 unspecified atom stereocenters. The Morgan fingerprint density at radius 3 is 2.50 bits per heavy atom. The van der Waals surface area contributed by atoms with E-state index in [2.05, 4.69) is 15.6 Å². The van der Waals surface area contributed by atoms with E-state index in [1.807, 2.05) is 48.6 Å². The number of nitrogens with zero attached hydrogens (tertiary/aromatic N) is 2. The van der Waals surface area contributed by atoms with E-state index in [9.17, 15) is 9.59 Å². The number of hydrogen-bond donors (Lipinski definition) is 2. The van der Waals surface area contributed by atoms with Crippen LogP contribution in [0.5, 0.6) is 0 Å². The lowest BCUT2D eigenvalue weighted by molar-refractivity contribution is -0.119. The van der Waals surface area contributed by atoms with Gasteiger partial charge in [-0.1, -0.05) is 12.8 Å². The van der Waals surface area contributed by atoms with E-state index in [1.54, 1.807) is 0 Å². The first-order chi connectivity index (χ1) is 12.5. The Morgan fingerprint density at radius 2 is 1.85 bits per heavy atom. The standard InChI is InChI=1S/C19H24N4O2S/c1-23(2)16-9-7-14(8-10-16)20-17(24)11-15-12-26-19(21-15)22-18(25)13-5-3-4-6-13/h7-10,12-13H,3-6,11H2,1-2H3,(H,20,24)(H,21,22,25). The molecule has 0 aliphatic heterocycles. The fourth-order valence-corrected chi connectivity index (χ4v) is 3.77. The molecule has 26 heavy (non-hydrogen) atoms. The highest BCUT2D eigenvalue weighted by atomic mass is 32.1. The van der Waals surface area contributed by atoms with Gasteiger partial charge in [-0.05, 0) is 37.1 Å². The van der Waals surface area contributed by atoms with Crippen LogP contribution in [0.3, 0.4) is 0 Å². The number of amides is 2. The van der Waals surface area contributed by atoms with Crippen molar-refractivity contribution in [2.45, 2.75) is 32.1 Å². The zero-order valence-corrected chi connectivity index (χ0v) is 15.9. The number of hydrogen-bond acceptors (Lipinski definition) is 5. The molecule has 138 valence electrons. The maximum atomic E-state index is 12.2. The molecule has 0 saturated heterocycles. The van der Waals surface area contributed by atoms with Gasteiger partial charge < -0.3 is 15.5 Å². The summed E-state index contributed by atoms with van der Waals surface area (Å²) in [6.07, 6.45) is 4.34. The summed E-state index contributed by atoms with van der Waals surface area (Å²) in [7, 11) is 3.94. The second-order valence-electron chi connectivity index (χ2n) is 6.78. The molecule has 2 amide bonds. The molecule has 6 nitrogen and oxygen atoms in total. The first-order valence-corrected chi connectivity index (χ1v) is 9.72. The lowest BCUT2D eigenvalue weighted by atomic mass is 10.1. The molecule has 1 aliphatic rings. The van der Waals surface area contributed by atoms with E-state index >= 15 is 0 Å². The summed E-state index contributed by atoms with van der Waals surface area (Å²) in [4.78, 5) is 30.7. The van der Waals surface area contributed by atoms with Crippen LogP contribution < -0.4 is 15.5 Å². The summed E-state index contributed by atoms with van der Waals surface area (Å²) in [5, 5.41) is 8.14. The summed E-state index contributed by atoms with van der Waals surface area (Å²) >= 11 is 1.36. The molecule has 0 atom stereocenters. The Bertz CT molecular complexity index is 764. The zero-order valence-electron chi connectivity index (χ0n) is 15.1. The molecular formula is C19H24N4O2S. The average molecular weight is 372 g/mol. The van der Waals surface area contributed by atoms with Gasteiger partial charge in [0.2, 0.25) is 11.8 Å². The highest BCUT2D eigenvalue weighted by Crippen LogP contribution is 2.26. The smallest absolute Gasteiger partial charge is 0.230 e. The molecule has 7 heteroatoms. The van der Waals surface area contributed by atoms with Gasteiger partial charge in [0, 0.05) is 36.8 Å². The minimum absolute atomic E-state index is 0.0498. The van der Waals surface area contributed by atoms with Crippen LogP contribution in [0.15, 0.2) is 29.6 Å². The lowest BCUT2D eigenvalue weighted by Gasteiger charge is -2.12. The van der Waals surface area contributed by atoms with Crippen LogP contribution in [-0.4, -0.2) is 30.9 Å². The van der Waals surface area contributed by atoms with Crippen molar-refractivity contribution < 1.29 is 9.59 Å². The highest BCUT2D eigenvalue weighted by molar-refractivity contribution is 7.13. The van der Waals surface area contributed by atoms with Crippen molar-refractivity contribution in [1.82, 2.24) is 4.98 Å². The molecule has 1 aliphatic carbocycles. The number of carbonyl (C=O) groups is 2. The zero-order chi connectivity index (χ0) is 18.5. The maximum absolute atomic E-state index is 12.2. The number of aromatic nitrogens is 1. The van der Waals surface area contributed by atoms with Crippen LogP contribution in [0.25, 0.3) is 0 Å². The van der Waals surface area contributed by atoms with E-state index in [-0.39, 0.29) is 24.2 Å². The van der Waals surface area contributed by atoms with Crippen molar-refractivity contribution in [3.05, 3.63) is 35.3 Å². The molecule has 2 N–H and O–H groups in total. The Balaban J connectivity index is 1.51. The van der Waals surface area contributed by atoms with E-state index < -0.39 is 0 Å². The minimum atomic E-state index is -0.124. The lowest BCUT2D eigenvalue weighted by Crippen LogP contribution is -2.20. The van der Waals surface area contributed by atoms with Gasteiger partial charge in [0.25, 0.3) is 0 Å². The van der Waals surface area contributed by atoms with Crippen molar-refractivity contribution in [3.8, 4) is 0 Å². The third-order valence-corrected chi connectivity index (χ3v) is 5.32. The third kappa shape index (κ3) is 4.82. The fourth-order valence-electron chi connectivity index (χ4n) is 3.05. The van der Waals surface area contributed by atoms with Gasteiger partial charge in [0.15, 0.2) is 5.13 Å². The normalized spacial score (nSPS) is 14.2. The number of rotatable bonds is 6. The number of anilines is 3. The van der Waals surface area contributed by atoms with E-state index in [1.165, 1.54) is 11.3 Å². The Labute approximate surface area is 157 Å². The van der Waals surface area contributed by atoms with Crippen molar-refractivity contribution in [3.63, 3.8) is 0 Å². The molecule has 0 radical (unpaired) electrons. The molecule has 0 bridgehead atoms. The van der Waals surface area contributed by atoms with Crippen LogP contribution in [0, 0.1) is 5.92 Å². The molecule has 1 heterocycles. The van der Waals surface area contributed by atoms with Gasteiger partial charge in [-0.25, -0.2) is 4.98 Å². The number of carbonyl (C=O) groups excluding carboxylic acids is 2. The predicted octanol–water partition coefficient (Wildman–Crippen LogP) is 3.52. The molecule has 0 spiro atoms. The average Bonchev–Trinajstić information content (AvgIpc) is 3.27. The maximum Gasteiger partial charge on any atom is 0.230 e. The van der Waals surface area contributed by atoms with E-state index in [0.717, 1.165) is 37.1 Å².